The van der Waals surface area contributed by atoms with E-state index in [4.69, 9.17) is 10.2 Å². The molecule has 94 valence electrons. The number of hydrogen-bond acceptors (Lipinski definition) is 3. The van der Waals surface area contributed by atoms with Gasteiger partial charge in [-0.2, -0.15) is 0 Å². The summed E-state index contributed by atoms with van der Waals surface area (Å²) < 4.78 is 0. The molecule has 1 rings (SSSR count). The zero-order chi connectivity index (χ0) is 11.4. The molecule has 0 aromatic heterocycles. The molecule has 0 aromatic carbocycles. The third kappa shape index (κ3) is 3.18. The number of carbonyl (C=O) groups is 1. The van der Waals surface area contributed by atoms with Crippen molar-refractivity contribution in [1.82, 2.24) is 4.90 Å². The van der Waals surface area contributed by atoms with Gasteiger partial charge in [0.05, 0.1) is 19.3 Å². The summed E-state index contributed by atoms with van der Waals surface area (Å²) in [5, 5.41) is 17.7. The minimum Gasteiger partial charge on any atom is -1.00 e. The fourth-order valence-corrected chi connectivity index (χ4v) is 1.91. The van der Waals surface area contributed by atoms with Crippen LogP contribution in [0.25, 0.3) is 0 Å². The van der Waals surface area contributed by atoms with Gasteiger partial charge in [-0.15, -0.1) is 0 Å². The van der Waals surface area contributed by atoms with Crippen molar-refractivity contribution in [2.45, 2.75) is 19.9 Å². The normalized spacial score (nSPS) is 25.1. The lowest BCUT2D eigenvalue weighted by atomic mass is 10.2. The Morgan fingerprint density at radius 3 is 2.56 bits per heavy atom. The first-order valence-electron chi connectivity index (χ1n) is 5.19. The molecule has 0 aromatic rings. The molecular weight excluding hydrogens is 232 g/mol. The maximum Gasteiger partial charge on any atom is 0.422 e. The van der Waals surface area contributed by atoms with Crippen molar-refractivity contribution in [1.29, 1.82) is 0 Å². The molecule has 1 aliphatic heterocycles. The molecule has 0 aliphatic carbocycles. The molecule has 3 N–H and O–H groups in total. The minimum atomic E-state index is -0.0643. The molecule has 0 saturated heterocycles. The molecule has 0 spiro atoms. The third-order valence-corrected chi connectivity index (χ3v) is 2.68. The van der Waals surface area contributed by atoms with Crippen LogP contribution < -0.4 is 17.3 Å². The first-order chi connectivity index (χ1) is 7.11. The predicted octanol–water partition coefficient (Wildman–Crippen LogP) is -4.41. The number of urea groups is 1. The standard InChI is InChI=1S/C10H18N2O3.ClH/c1-8-7-9(2)12(4-6-14)10(15)11(8)3-5-13;/h7-8,13-14H,3-6H2,1-2H3;1H. The van der Waals surface area contributed by atoms with Gasteiger partial charge in [0.2, 0.25) is 0 Å². The second-order valence-corrected chi connectivity index (χ2v) is 3.76. The van der Waals surface area contributed by atoms with Gasteiger partial charge in [0, 0.05) is 13.5 Å². The number of quaternary nitrogens is 1. The molecule has 16 heavy (non-hydrogen) atoms. The highest BCUT2D eigenvalue weighted by molar-refractivity contribution is 5.67. The summed E-state index contributed by atoms with van der Waals surface area (Å²) in [6, 6.07) is -0.0438. The van der Waals surface area contributed by atoms with Gasteiger partial charge in [-0.3, -0.25) is 4.90 Å². The van der Waals surface area contributed by atoms with E-state index >= 15 is 0 Å². The SMILES string of the molecule is CC1=CC(C)N(CCO)C(=O)[NH+]1CCO.[Cl-]. The van der Waals surface area contributed by atoms with Crippen molar-refractivity contribution < 1.29 is 32.3 Å². The van der Waals surface area contributed by atoms with Gasteiger partial charge in [0.1, 0.15) is 12.2 Å². The van der Waals surface area contributed by atoms with Crippen molar-refractivity contribution >= 4 is 6.03 Å². The highest BCUT2D eigenvalue weighted by Crippen LogP contribution is 2.06. The van der Waals surface area contributed by atoms with E-state index in [2.05, 4.69) is 0 Å². The molecule has 2 unspecified atom stereocenters. The lowest BCUT2D eigenvalue weighted by Gasteiger charge is -2.33. The van der Waals surface area contributed by atoms with Gasteiger partial charge in [0.25, 0.3) is 0 Å². The van der Waals surface area contributed by atoms with Crippen LogP contribution in [0.2, 0.25) is 0 Å². The van der Waals surface area contributed by atoms with Gasteiger partial charge in [-0.25, -0.2) is 9.69 Å². The van der Waals surface area contributed by atoms with Gasteiger partial charge in [-0.05, 0) is 13.0 Å². The summed E-state index contributed by atoms with van der Waals surface area (Å²) in [6.45, 7) is 4.49. The fourth-order valence-electron chi connectivity index (χ4n) is 1.91. The van der Waals surface area contributed by atoms with Crippen LogP contribution in [0.4, 0.5) is 4.79 Å². The lowest BCUT2D eigenvalue weighted by molar-refractivity contribution is -0.781. The largest absolute Gasteiger partial charge is 1.00 e. The summed E-state index contributed by atoms with van der Waals surface area (Å²) in [7, 11) is 0. The Morgan fingerprint density at radius 1 is 1.44 bits per heavy atom. The number of rotatable bonds is 4. The average Bonchev–Trinajstić information content (AvgIpc) is 2.19. The van der Waals surface area contributed by atoms with Crippen molar-refractivity contribution in [3.05, 3.63) is 11.8 Å². The van der Waals surface area contributed by atoms with E-state index in [0.717, 1.165) is 5.70 Å². The van der Waals surface area contributed by atoms with Gasteiger partial charge in [-0.1, -0.05) is 0 Å². The Labute approximate surface area is 102 Å². The Hall–Kier alpha value is -0.620. The first-order valence-corrected chi connectivity index (χ1v) is 5.19. The smallest absolute Gasteiger partial charge is 0.422 e. The van der Waals surface area contributed by atoms with Crippen LogP contribution >= 0.6 is 0 Å². The Bertz CT molecular complexity index is 271. The van der Waals surface area contributed by atoms with E-state index < -0.39 is 0 Å². The topological polar surface area (TPSA) is 65.2 Å². The number of β-amino-alcohol motifs (C(OH)–C–C–N with tert-alkyl or cyclic N) is 1. The highest BCUT2D eigenvalue weighted by atomic mass is 35.5. The van der Waals surface area contributed by atoms with Crippen LogP contribution in [0.5, 0.6) is 0 Å². The molecule has 0 radical (unpaired) electrons. The van der Waals surface area contributed by atoms with Crippen LogP contribution in [-0.4, -0.2) is 53.5 Å². The van der Waals surface area contributed by atoms with Gasteiger partial charge >= 0.3 is 6.03 Å². The number of hydrogen-bond donors (Lipinski definition) is 3. The Kier molecular flexibility index (Phi) is 6.59. The van der Waals surface area contributed by atoms with Crippen molar-refractivity contribution in [2.24, 2.45) is 0 Å². The molecule has 1 heterocycles. The van der Waals surface area contributed by atoms with Crippen molar-refractivity contribution in [2.75, 3.05) is 26.3 Å². The van der Waals surface area contributed by atoms with Crippen molar-refractivity contribution in [3.63, 3.8) is 0 Å². The first kappa shape index (κ1) is 15.4. The molecule has 0 bridgehead atoms. The molecule has 1 aliphatic rings. The number of carbonyl (C=O) groups excluding carboxylic acids is 1. The Balaban J connectivity index is 0.00000225. The van der Waals surface area contributed by atoms with Crippen LogP contribution in [0.1, 0.15) is 13.8 Å². The van der Waals surface area contributed by atoms with Crippen LogP contribution in [0.3, 0.4) is 0 Å². The van der Waals surface area contributed by atoms with E-state index in [1.807, 2.05) is 19.9 Å². The molecule has 6 heteroatoms. The van der Waals surface area contributed by atoms with Gasteiger partial charge < -0.3 is 22.6 Å². The van der Waals surface area contributed by atoms with E-state index in [1.165, 1.54) is 0 Å². The number of allylic oxidation sites excluding steroid dienone is 1. The van der Waals surface area contributed by atoms with Gasteiger partial charge in [0.15, 0.2) is 0 Å². The molecule has 0 fully saturated rings. The van der Waals surface area contributed by atoms with E-state index in [1.54, 1.807) is 4.90 Å². The third-order valence-electron chi connectivity index (χ3n) is 2.68. The number of halogens is 1. The maximum absolute atomic E-state index is 12.0. The Morgan fingerprint density at radius 2 is 2.06 bits per heavy atom. The van der Waals surface area contributed by atoms with E-state index in [-0.39, 0.29) is 37.7 Å². The lowest BCUT2D eigenvalue weighted by Crippen LogP contribution is -3.15. The summed E-state index contributed by atoms with van der Waals surface area (Å²) in [5.74, 6) is 0. The van der Waals surface area contributed by atoms with Crippen LogP contribution in [0.15, 0.2) is 11.8 Å². The van der Waals surface area contributed by atoms with Crippen LogP contribution in [0, 0.1) is 0 Å². The minimum absolute atomic E-state index is 0. The zero-order valence-corrected chi connectivity index (χ0v) is 10.4. The highest BCUT2D eigenvalue weighted by Gasteiger charge is 2.34. The summed E-state index contributed by atoms with van der Waals surface area (Å²) >= 11 is 0. The monoisotopic (exact) mass is 250 g/mol. The molecule has 2 amide bonds. The fraction of sp³-hybridized carbons (Fsp3) is 0.700. The quantitative estimate of drug-likeness (QED) is 0.472. The number of amides is 2. The van der Waals surface area contributed by atoms with Crippen LogP contribution in [-0.2, 0) is 0 Å². The molecule has 0 saturated carbocycles. The zero-order valence-electron chi connectivity index (χ0n) is 9.61. The van der Waals surface area contributed by atoms with E-state index in [9.17, 15) is 4.79 Å². The second kappa shape index (κ2) is 6.85. The number of nitrogens with zero attached hydrogens (tertiary/aromatic N) is 1. The number of aliphatic hydroxyl groups excluding tert-OH is 2. The second-order valence-electron chi connectivity index (χ2n) is 3.76. The predicted molar refractivity (Wildman–Crippen MR) is 55.3 cm³/mol. The average molecular weight is 251 g/mol. The summed E-state index contributed by atoms with van der Waals surface area (Å²) in [5.41, 5.74) is 0.940. The number of aliphatic hydroxyl groups is 2. The molecular formula is C10H19ClN2O3. The van der Waals surface area contributed by atoms with Crippen molar-refractivity contribution in [3.8, 4) is 0 Å². The molecule has 5 nitrogen and oxygen atoms in total. The van der Waals surface area contributed by atoms with E-state index in [0.29, 0.717) is 18.0 Å². The summed E-state index contributed by atoms with van der Waals surface area (Å²) in [4.78, 5) is 14.2. The molecule has 2 atom stereocenters. The number of nitrogens with one attached hydrogen (secondary N) is 1. The summed E-state index contributed by atoms with van der Waals surface area (Å²) in [6.07, 6.45) is 1.99. The maximum atomic E-state index is 12.0.